The summed E-state index contributed by atoms with van der Waals surface area (Å²) >= 11 is 0. The minimum absolute atomic E-state index is 1.02. The van der Waals surface area contributed by atoms with Gasteiger partial charge >= 0.3 is 0 Å². The Morgan fingerprint density at radius 2 is 1.82 bits per heavy atom. The summed E-state index contributed by atoms with van der Waals surface area (Å²) in [5.74, 6) is 0. The maximum absolute atomic E-state index is 8.25. The van der Waals surface area contributed by atoms with Gasteiger partial charge in [0.05, 0.1) is 6.26 Å². The topological polar surface area (TPSA) is 20.2 Å². The predicted octanol–water partition coefficient (Wildman–Crippen LogP) is 3.36. The highest BCUT2D eigenvalue weighted by Gasteiger charge is 1.74. The molecule has 0 aromatic rings. The van der Waals surface area contributed by atoms with Crippen LogP contribution in [0.5, 0.6) is 0 Å². The van der Waals surface area contributed by atoms with E-state index in [-0.39, 0.29) is 0 Å². The lowest BCUT2D eigenvalue weighted by molar-refractivity contribution is 0.474. The monoisotopic (exact) mass is 152 g/mol. The number of allylic oxidation sites excluding steroid dienone is 5. The van der Waals surface area contributed by atoms with Gasteiger partial charge in [-0.05, 0) is 12.5 Å². The third-order valence-electron chi connectivity index (χ3n) is 1.28. The van der Waals surface area contributed by atoms with Gasteiger partial charge in [-0.15, -0.1) is 0 Å². The molecular weight excluding hydrogens is 136 g/mol. The first-order chi connectivity index (χ1) is 5.41. The summed E-state index contributed by atoms with van der Waals surface area (Å²) in [4.78, 5) is 0. The van der Waals surface area contributed by atoms with E-state index in [9.17, 15) is 0 Å². The van der Waals surface area contributed by atoms with Crippen molar-refractivity contribution in [1.82, 2.24) is 0 Å². The first kappa shape index (κ1) is 10.0. The molecule has 0 heterocycles. The lowest BCUT2D eigenvalue weighted by Crippen LogP contribution is -1.64. The Balaban J connectivity index is 3.28. The first-order valence-corrected chi connectivity index (χ1v) is 4.04. The molecule has 0 unspecified atom stereocenters. The van der Waals surface area contributed by atoms with E-state index in [1.54, 1.807) is 12.2 Å². The van der Waals surface area contributed by atoms with Gasteiger partial charge in [-0.1, -0.05) is 44.1 Å². The number of aliphatic hydroxyl groups excluding tert-OH is 1. The number of aliphatic hydroxyl groups is 1. The van der Waals surface area contributed by atoms with Crippen molar-refractivity contribution in [1.29, 1.82) is 0 Å². The Hall–Kier alpha value is -0.980. The summed E-state index contributed by atoms with van der Waals surface area (Å²) < 4.78 is 0. The zero-order valence-electron chi connectivity index (χ0n) is 7.03. The van der Waals surface area contributed by atoms with Crippen LogP contribution in [-0.4, -0.2) is 5.11 Å². The van der Waals surface area contributed by atoms with Gasteiger partial charge in [-0.2, -0.15) is 0 Å². The Morgan fingerprint density at radius 1 is 1.09 bits per heavy atom. The first-order valence-electron chi connectivity index (χ1n) is 4.04. The third-order valence-corrected chi connectivity index (χ3v) is 1.28. The fraction of sp³-hybridized carbons (Fsp3) is 0.400. The molecule has 0 saturated carbocycles. The Bertz CT molecular complexity index is 143. The molecule has 1 heteroatoms. The molecule has 0 fully saturated rings. The van der Waals surface area contributed by atoms with Crippen LogP contribution in [0.4, 0.5) is 0 Å². The van der Waals surface area contributed by atoms with Gasteiger partial charge in [0.1, 0.15) is 0 Å². The van der Waals surface area contributed by atoms with Crippen LogP contribution >= 0.6 is 0 Å². The van der Waals surface area contributed by atoms with Crippen molar-refractivity contribution in [2.45, 2.75) is 26.2 Å². The van der Waals surface area contributed by atoms with Crippen LogP contribution in [0.15, 0.2) is 36.6 Å². The molecule has 0 aromatic heterocycles. The maximum atomic E-state index is 8.25. The number of hydrogen-bond acceptors (Lipinski definition) is 1. The van der Waals surface area contributed by atoms with Crippen molar-refractivity contribution in [3.05, 3.63) is 36.6 Å². The molecule has 11 heavy (non-hydrogen) atoms. The van der Waals surface area contributed by atoms with Crippen molar-refractivity contribution in [2.75, 3.05) is 0 Å². The van der Waals surface area contributed by atoms with Gasteiger partial charge in [-0.25, -0.2) is 0 Å². The standard InChI is InChI=1S/C10H16O/c1-2-3-4-5-6-7-8-9-10-11/h5-11H,2-4H2,1H3. The molecule has 0 spiro atoms. The molecule has 0 atom stereocenters. The molecular formula is C10H16O. The van der Waals surface area contributed by atoms with Crippen LogP contribution in [0.2, 0.25) is 0 Å². The summed E-state index contributed by atoms with van der Waals surface area (Å²) in [6.07, 6.45) is 14.1. The molecule has 0 aliphatic carbocycles. The number of rotatable bonds is 5. The van der Waals surface area contributed by atoms with Gasteiger partial charge in [0.15, 0.2) is 0 Å². The number of hydrogen-bond donors (Lipinski definition) is 1. The SMILES string of the molecule is CCCCC=CC=CC=CO. The lowest BCUT2D eigenvalue weighted by Gasteiger charge is -1.84. The second-order valence-corrected chi connectivity index (χ2v) is 2.30. The summed E-state index contributed by atoms with van der Waals surface area (Å²) in [5, 5.41) is 8.25. The maximum Gasteiger partial charge on any atom is 0.0791 e. The van der Waals surface area contributed by atoms with E-state index in [2.05, 4.69) is 13.0 Å². The molecule has 1 nitrogen and oxygen atoms in total. The molecule has 0 bridgehead atoms. The fourth-order valence-electron chi connectivity index (χ4n) is 0.675. The van der Waals surface area contributed by atoms with Crippen LogP contribution in [0.3, 0.4) is 0 Å². The van der Waals surface area contributed by atoms with Gasteiger partial charge in [-0.3, -0.25) is 0 Å². The van der Waals surface area contributed by atoms with E-state index in [4.69, 9.17) is 5.11 Å². The quantitative estimate of drug-likeness (QED) is 0.364. The van der Waals surface area contributed by atoms with Crippen LogP contribution in [0.1, 0.15) is 26.2 Å². The van der Waals surface area contributed by atoms with E-state index in [0.717, 1.165) is 12.7 Å². The van der Waals surface area contributed by atoms with Crippen molar-refractivity contribution in [3.8, 4) is 0 Å². The van der Waals surface area contributed by atoms with E-state index in [1.807, 2.05) is 12.2 Å². The molecule has 0 amide bonds. The van der Waals surface area contributed by atoms with Crippen LogP contribution < -0.4 is 0 Å². The van der Waals surface area contributed by atoms with Gasteiger partial charge in [0, 0.05) is 0 Å². The zero-order valence-corrected chi connectivity index (χ0v) is 7.03. The summed E-state index contributed by atoms with van der Waals surface area (Å²) in [6.45, 7) is 2.18. The molecule has 0 radical (unpaired) electrons. The predicted molar refractivity (Wildman–Crippen MR) is 49.6 cm³/mol. The van der Waals surface area contributed by atoms with Crippen molar-refractivity contribution in [2.24, 2.45) is 0 Å². The lowest BCUT2D eigenvalue weighted by atomic mass is 10.2. The summed E-state index contributed by atoms with van der Waals surface area (Å²) in [6, 6.07) is 0. The highest BCUT2D eigenvalue weighted by molar-refractivity contribution is 5.09. The van der Waals surface area contributed by atoms with Crippen LogP contribution in [0, 0.1) is 0 Å². The molecule has 0 rings (SSSR count). The minimum Gasteiger partial charge on any atom is -0.516 e. The Morgan fingerprint density at radius 3 is 2.45 bits per heavy atom. The zero-order chi connectivity index (χ0) is 8.36. The molecule has 0 aliphatic heterocycles. The third kappa shape index (κ3) is 9.02. The molecule has 0 aromatic carbocycles. The summed E-state index contributed by atoms with van der Waals surface area (Å²) in [5.41, 5.74) is 0. The molecule has 62 valence electrons. The van der Waals surface area contributed by atoms with Crippen molar-refractivity contribution >= 4 is 0 Å². The normalized spacial score (nSPS) is 12.5. The fourth-order valence-corrected chi connectivity index (χ4v) is 0.675. The van der Waals surface area contributed by atoms with Crippen molar-refractivity contribution < 1.29 is 5.11 Å². The van der Waals surface area contributed by atoms with Gasteiger partial charge in [0.25, 0.3) is 0 Å². The second-order valence-electron chi connectivity index (χ2n) is 2.30. The summed E-state index contributed by atoms with van der Waals surface area (Å²) in [7, 11) is 0. The van der Waals surface area contributed by atoms with Crippen LogP contribution in [-0.2, 0) is 0 Å². The highest BCUT2D eigenvalue weighted by Crippen LogP contribution is 1.94. The molecule has 1 N–H and O–H groups in total. The average molecular weight is 152 g/mol. The van der Waals surface area contributed by atoms with Crippen molar-refractivity contribution in [3.63, 3.8) is 0 Å². The largest absolute Gasteiger partial charge is 0.516 e. The van der Waals surface area contributed by atoms with Gasteiger partial charge < -0.3 is 5.11 Å². The second kappa shape index (κ2) is 9.02. The molecule has 0 saturated heterocycles. The minimum atomic E-state index is 1.02. The Kier molecular flexibility index (Phi) is 8.22. The van der Waals surface area contributed by atoms with Crippen LogP contribution in [0.25, 0.3) is 0 Å². The Labute approximate surface area is 68.7 Å². The average Bonchev–Trinajstić information content (AvgIpc) is 2.03. The van der Waals surface area contributed by atoms with E-state index < -0.39 is 0 Å². The van der Waals surface area contributed by atoms with Gasteiger partial charge in [0.2, 0.25) is 0 Å². The highest BCUT2D eigenvalue weighted by atomic mass is 16.2. The number of unbranched alkanes of at least 4 members (excludes halogenated alkanes) is 2. The smallest absolute Gasteiger partial charge is 0.0791 e. The van der Waals surface area contributed by atoms with E-state index in [1.165, 1.54) is 12.8 Å². The van der Waals surface area contributed by atoms with E-state index >= 15 is 0 Å². The molecule has 0 aliphatic rings. The van der Waals surface area contributed by atoms with E-state index in [0.29, 0.717) is 0 Å².